The van der Waals surface area contributed by atoms with E-state index in [1.165, 1.54) is 5.56 Å². The summed E-state index contributed by atoms with van der Waals surface area (Å²) in [7, 11) is 0. The van der Waals surface area contributed by atoms with E-state index in [0.717, 1.165) is 57.3 Å². The molecule has 4 nitrogen and oxygen atoms in total. The summed E-state index contributed by atoms with van der Waals surface area (Å²) in [6, 6.07) is 8.10. The Balaban J connectivity index is 1.58. The Kier molecular flexibility index (Phi) is 4.99. The van der Waals surface area contributed by atoms with Crippen LogP contribution in [0.5, 0.6) is 0 Å². The van der Waals surface area contributed by atoms with Gasteiger partial charge in [0.05, 0.1) is 0 Å². The lowest BCUT2D eigenvalue weighted by Gasteiger charge is -2.38. The summed E-state index contributed by atoms with van der Waals surface area (Å²) in [6.07, 6.45) is 5.82. The highest BCUT2D eigenvalue weighted by Crippen LogP contribution is 2.22. The van der Waals surface area contributed by atoms with Gasteiger partial charge in [-0.3, -0.25) is 9.59 Å². The first kappa shape index (κ1) is 16.0. The summed E-state index contributed by atoms with van der Waals surface area (Å²) in [4.78, 5) is 28.8. The van der Waals surface area contributed by atoms with Crippen LogP contribution in [0.25, 0.3) is 0 Å². The predicted molar refractivity (Wildman–Crippen MR) is 90.3 cm³/mol. The Morgan fingerprint density at radius 1 is 1.00 bits per heavy atom. The number of likely N-dealkylation sites (tertiary alicyclic amines) is 2. The van der Waals surface area contributed by atoms with Crippen molar-refractivity contribution in [2.45, 2.75) is 51.5 Å². The molecule has 0 saturated carbocycles. The van der Waals surface area contributed by atoms with Crippen LogP contribution in [0.2, 0.25) is 0 Å². The molecule has 0 N–H and O–H groups in total. The number of piperidine rings is 1. The van der Waals surface area contributed by atoms with Crippen LogP contribution in [-0.2, 0) is 4.79 Å². The monoisotopic (exact) mass is 314 g/mol. The van der Waals surface area contributed by atoms with Gasteiger partial charge < -0.3 is 9.80 Å². The molecule has 1 aromatic rings. The minimum Gasteiger partial charge on any atom is -0.340 e. The highest BCUT2D eigenvalue weighted by atomic mass is 16.2. The number of carbonyl (C=O) groups is 2. The van der Waals surface area contributed by atoms with Crippen molar-refractivity contribution in [2.75, 3.05) is 19.6 Å². The summed E-state index contributed by atoms with van der Waals surface area (Å²) in [5.41, 5.74) is 1.93. The van der Waals surface area contributed by atoms with Gasteiger partial charge in [-0.05, 0) is 44.7 Å². The summed E-state index contributed by atoms with van der Waals surface area (Å²) < 4.78 is 0. The van der Waals surface area contributed by atoms with Crippen molar-refractivity contribution >= 4 is 11.8 Å². The van der Waals surface area contributed by atoms with E-state index in [-0.39, 0.29) is 5.91 Å². The lowest BCUT2D eigenvalue weighted by molar-refractivity contribution is -0.133. The summed E-state index contributed by atoms with van der Waals surface area (Å²) >= 11 is 0. The minimum absolute atomic E-state index is 0.116. The molecule has 1 aromatic carbocycles. The number of benzene rings is 1. The van der Waals surface area contributed by atoms with E-state index in [4.69, 9.17) is 0 Å². The second-order valence-electron chi connectivity index (χ2n) is 6.79. The third-order valence-corrected chi connectivity index (χ3v) is 5.10. The largest absolute Gasteiger partial charge is 0.340 e. The molecule has 2 amide bonds. The molecule has 23 heavy (non-hydrogen) atoms. The van der Waals surface area contributed by atoms with Crippen LogP contribution >= 0.6 is 0 Å². The fraction of sp³-hybridized carbons (Fsp3) is 0.579. The number of carbonyl (C=O) groups excluding carboxylic acids is 2. The van der Waals surface area contributed by atoms with E-state index in [2.05, 4.69) is 4.90 Å². The van der Waals surface area contributed by atoms with Gasteiger partial charge in [0.2, 0.25) is 5.91 Å². The molecule has 3 rings (SSSR count). The van der Waals surface area contributed by atoms with Crippen LogP contribution in [0.4, 0.5) is 0 Å². The van der Waals surface area contributed by atoms with Gasteiger partial charge in [0.15, 0.2) is 0 Å². The number of amides is 2. The molecule has 2 aliphatic heterocycles. The highest BCUT2D eigenvalue weighted by molar-refractivity contribution is 5.94. The normalized spacial score (nSPS) is 20.5. The van der Waals surface area contributed by atoms with Crippen LogP contribution < -0.4 is 0 Å². The zero-order valence-corrected chi connectivity index (χ0v) is 14.0. The number of aryl methyl sites for hydroxylation is 1. The first-order chi connectivity index (χ1) is 11.1. The van der Waals surface area contributed by atoms with E-state index in [9.17, 15) is 9.59 Å². The molecule has 124 valence electrons. The van der Waals surface area contributed by atoms with Gasteiger partial charge in [0.25, 0.3) is 5.91 Å². The van der Waals surface area contributed by atoms with Crippen molar-refractivity contribution in [3.05, 3.63) is 35.4 Å². The Hall–Kier alpha value is -1.84. The second kappa shape index (κ2) is 7.16. The maximum Gasteiger partial charge on any atom is 0.253 e. The van der Waals surface area contributed by atoms with E-state index in [0.29, 0.717) is 18.4 Å². The van der Waals surface area contributed by atoms with Gasteiger partial charge in [-0.2, -0.15) is 0 Å². The van der Waals surface area contributed by atoms with Crippen molar-refractivity contribution in [3.63, 3.8) is 0 Å². The van der Waals surface area contributed by atoms with Crippen LogP contribution in [0, 0.1) is 6.92 Å². The first-order valence-corrected chi connectivity index (χ1v) is 8.80. The molecule has 4 heteroatoms. The first-order valence-electron chi connectivity index (χ1n) is 8.80. The van der Waals surface area contributed by atoms with Crippen LogP contribution in [0.15, 0.2) is 24.3 Å². The van der Waals surface area contributed by atoms with Crippen molar-refractivity contribution < 1.29 is 9.59 Å². The number of hydrogen-bond acceptors (Lipinski definition) is 2. The van der Waals surface area contributed by atoms with Crippen LogP contribution in [0.1, 0.15) is 54.4 Å². The molecule has 0 atom stereocenters. The van der Waals surface area contributed by atoms with Gasteiger partial charge in [0.1, 0.15) is 0 Å². The molecule has 0 spiro atoms. The molecule has 0 bridgehead atoms. The second-order valence-corrected chi connectivity index (χ2v) is 6.79. The molecule has 0 unspecified atom stereocenters. The summed E-state index contributed by atoms with van der Waals surface area (Å²) in [5, 5.41) is 0. The molecular formula is C19H26N2O2. The zero-order chi connectivity index (χ0) is 16.2. The molecular weight excluding hydrogens is 288 g/mol. The maximum atomic E-state index is 12.6. The predicted octanol–water partition coefficient (Wildman–Crippen LogP) is 3.00. The summed E-state index contributed by atoms with van der Waals surface area (Å²) in [6.45, 7) is 4.43. The van der Waals surface area contributed by atoms with Crippen molar-refractivity contribution in [1.82, 2.24) is 9.80 Å². The van der Waals surface area contributed by atoms with Crippen molar-refractivity contribution in [3.8, 4) is 0 Å². The smallest absolute Gasteiger partial charge is 0.253 e. The quantitative estimate of drug-likeness (QED) is 0.842. The molecule has 0 aromatic heterocycles. The Morgan fingerprint density at radius 2 is 1.70 bits per heavy atom. The SMILES string of the molecule is Cc1ccc(C(=O)N2CCC(N3CCCCCC3=O)CC2)cc1. The Bertz CT molecular complexity index is 559. The van der Waals surface area contributed by atoms with Gasteiger partial charge in [-0.15, -0.1) is 0 Å². The molecule has 0 radical (unpaired) electrons. The number of rotatable bonds is 2. The van der Waals surface area contributed by atoms with E-state index < -0.39 is 0 Å². The Morgan fingerprint density at radius 3 is 2.39 bits per heavy atom. The van der Waals surface area contributed by atoms with Crippen molar-refractivity contribution in [1.29, 1.82) is 0 Å². The lowest BCUT2D eigenvalue weighted by Crippen LogP contribution is -2.48. The number of hydrogen-bond donors (Lipinski definition) is 0. The van der Waals surface area contributed by atoms with Gasteiger partial charge in [0, 0.05) is 37.7 Å². The molecule has 2 aliphatic rings. The van der Waals surface area contributed by atoms with Crippen molar-refractivity contribution in [2.24, 2.45) is 0 Å². The standard InChI is InChI=1S/C19H26N2O2/c1-15-6-8-16(9-7-15)19(23)20-13-10-17(11-14-20)21-12-4-2-3-5-18(21)22/h6-9,17H,2-5,10-14H2,1H3. The van der Waals surface area contributed by atoms with E-state index in [1.54, 1.807) is 0 Å². The maximum absolute atomic E-state index is 12.6. The molecule has 0 aliphatic carbocycles. The average Bonchev–Trinajstić information content (AvgIpc) is 2.79. The third-order valence-electron chi connectivity index (χ3n) is 5.10. The fourth-order valence-corrected chi connectivity index (χ4v) is 3.65. The van der Waals surface area contributed by atoms with Crippen LogP contribution in [0.3, 0.4) is 0 Å². The van der Waals surface area contributed by atoms with Crippen LogP contribution in [-0.4, -0.2) is 47.3 Å². The van der Waals surface area contributed by atoms with E-state index >= 15 is 0 Å². The lowest BCUT2D eigenvalue weighted by atomic mass is 10.0. The Labute approximate surface area is 138 Å². The van der Waals surface area contributed by atoms with E-state index in [1.807, 2.05) is 36.1 Å². The van der Waals surface area contributed by atoms with Gasteiger partial charge in [-0.25, -0.2) is 0 Å². The van der Waals surface area contributed by atoms with Gasteiger partial charge in [-0.1, -0.05) is 24.1 Å². The molecule has 2 fully saturated rings. The fourth-order valence-electron chi connectivity index (χ4n) is 3.65. The minimum atomic E-state index is 0.116. The highest BCUT2D eigenvalue weighted by Gasteiger charge is 2.30. The average molecular weight is 314 g/mol. The van der Waals surface area contributed by atoms with Gasteiger partial charge >= 0.3 is 0 Å². The topological polar surface area (TPSA) is 40.6 Å². The molecule has 2 saturated heterocycles. The summed E-state index contributed by atoms with van der Waals surface area (Å²) in [5.74, 6) is 0.427. The molecule has 2 heterocycles. The number of nitrogens with zero attached hydrogens (tertiary/aromatic N) is 2. The zero-order valence-electron chi connectivity index (χ0n) is 14.0. The third kappa shape index (κ3) is 3.74.